The number of nitrogens with one attached hydrogen (secondary N) is 1. The van der Waals surface area contributed by atoms with E-state index in [2.05, 4.69) is 12.2 Å². The summed E-state index contributed by atoms with van der Waals surface area (Å²) in [5.41, 5.74) is 1.14. The van der Waals surface area contributed by atoms with Crippen LogP contribution in [0.4, 0.5) is 0 Å². The molecule has 1 aromatic rings. The molecular formula is C15H22ClNO2. The Kier molecular flexibility index (Phi) is 5.08. The predicted molar refractivity (Wildman–Crippen MR) is 78.1 cm³/mol. The summed E-state index contributed by atoms with van der Waals surface area (Å²) < 4.78 is 11.7. The quantitative estimate of drug-likeness (QED) is 0.870. The second kappa shape index (κ2) is 6.60. The highest BCUT2D eigenvalue weighted by Crippen LogP contribution is 2.33. The van der Waals surface area contributed by atoms with Crippen LogP contribution in [-0.2, 0) is 4.74 Å². The lowest BCUT2D eigenvalue weighted by molar-refractivity contribution is -0.104. The van der Waals surface area contributed by atoms with Crippen LogP contribution in [0.3, 0.4) is 0 Å². The maximum absolute atomic E-state index is 6.20. The molecule has 0 amide bonds. The van der Waals surface area contributed by atoms with Crippen LogP contribution in [-0.4, -0.2) is 31.4 Å². The van der Waals surface area contributed by atoms with E-state index in [0.29, 0.717) is 17.7 Å². The van der Waals surface area contributed by atoms with Crippen molar-refractivity contribution in [1.29, 1.82) is 0 Å². The van der Waals surface area contributed by atoms with E-state index in [1.807, 2.05) is 32.0 Å². The van der Waals surface area contributed by atoms with Gasteiger partial charge >= 0.3 is 0 Å². The smallest absolute Gasteiger partial charge is 0.138 e. The van der Waals surface area contributed by atoms with Crippen molar-refractivity contribution < 1.29 is 9.47 Å². The molecule has 106 valence electrons. The molecule has 0 aromatic heterocycles. The van der Waals surface area contributed by atoms with Crippen molar-refractivity contribution in [2.24, 2.45) is 0 Å². The minimum absolute atomic E-state index is 0.0872. The minimum Gasteiger partial charge on any atom is -0.486 e. The lowest BCUT2D eigenvalue weighted by Gasteiger charge is -2.44. The van der Waals surface area contributed by atoms with Crippen molar-refractivity contribution >= 4 is 11.6 Å². The van der Waals surface area contributed by atoms with Crippen LogP contribution in [0.2, 0.25) is 5.02 Å². The molecule has 1 N–H and O–H groups in total. The normalized spacial score (nSPS) is 26.0. The predicted octanol–water partition coefficient (Wildman–Crippen LogP) is 3.18. The molecule has 1 aromatic carbocycles. The number of rotatable bonds is 6. The van der Waals surface area contributed by atoms with Crippen LogP contribution >= 0.6 is 11.6 Å². The highest BCUT2D eigenvalue weighted by Gasteiger charge is 2.43. The summed E-state index contributed by atoms with van der Waals surface area (Å²) >= 11 is 6.20. The molecule has 0 bridgehead atoms. The number of hydrogen-bond acceptors (Lipinski definition) is 3. The van der Waals surface area contributed by atoms with E-state index >= 15 is 0 Å². The van der Waals surface area contributed by atoms with E-state index in [-0.39, 0.29) is 12.2 Å². The first-order valence-corrected chi connectivity index (χ1v) is 7.31. The van der Waals surface area contributed by atoms with Gasteiger partial charge in [0.1, 0.15) is 18.0 Å². The fraction of sp³-hybridized carbons (Fsp3) is 0.600. The first kappa shape index (κ1) is 14.6. The fourth-order valence-electron chi connectivity index (χ4n) is 2.44. The molecule has 1 aliphatic rings. The summed E-state index contributed by atoms with van der Waals surface area (Å²) in [4.78, 5) is 0. The molecule has 3 unspecified atom stereocenters. The molecule has 3 nitrogen and oxygen atoms in total. The third kappa shape index (κ3) is 3.41. The lowest BCUT2D eigenvalue weighted by atomic mass is 9.85. The maximum atomic E-state index is 6.20. The van der Waals surface area contributed by atoms with Gasteiger partial charge in [0.05, 0.1) is 5.02 Å². The van der Waals surface area contributed by atoms with E-state index < -0.39 is 0 Å². The van der Waals surface area contributed by atoms with Crippen molar-refractivity contribution in [1.82, 2.24) is 5.32 Å². The molecule has 19 heavy (non-hydrogen) atoms. The number of ether oxygens (including phenoxy) is 2. The molecule has 1 fully saturated rings. The van der Waals surface area contributed by atoms with E-state index in [9.17, 15) is 0 Å². The Morgan fingerprint density at radius 1 is 1.37 bits per heavy atom. The summed E-state index contributed by atoms with van der Waals surface area (Å²) in [6.45, 7) is 7.79. The van der Waals surface area contributed by atoms with Gasteiger partial charge in [-0.3, -0.25) is 0 Å². The van der Waals surface area contributed by atoms with Gasteiger partial charge in [-0.1, -0.05) is 24.6 Å². The molecule has 0 aliphatic heterocycles. The van der Waals surface area contributed by atoms with Gasteiger partial charge in [-0.2, -0.15) is 0 Å². The van der Waals surface area contributed by atoms with Crippen molar-refractivity contribution in [2.45, 2.75) is 45.4 Å². The van der Waals surface area contributed by atoms with Gasteiger partial charge in [0.25, 0.3) is 0 Å². The van der Waals surface area contributed by atoms with E-state index in [4.69, 9.17) is 21.1 Å². The van der Waals surface area contributed by atoms with Gasteiger partial charge in [0, 0.05) is 19.1 Å². The zero-order valence-electron chi connectivity index (χ0n) is 11.8. The number of hydrogen-bond donors (Lipinski definition) is 1. The minimum atomic E-state index is 0.0872. The maximum Gasteiger partial charge on any atom is 0.138 e. The molecule has 0 heterocycles. The SMILES string of the molecule is CCNC1CC(Oc2ccc(C)cc2Cl)C1OCC. The van der Waals surface area contributed by atoms with Crippen molar-refractivity contribution in [3.63, 3.8) is 0 Å². The highest BCUT2D eigenvalue weighted by atomic mass is 35.5. The third-order valence-corrected chi connectivity index (χ3v) is 3.74. The van der Waals surface area contributed by atoms with E-state index in [1.165, 1.54) is 0 Å². The lowest BCUT2D eigenvalue weighted by Crippen LogP contribution is -2.61. The summed E-state index contributed by atoms with van der Waals surface area (Å²) in [5, 5.41) is 4.09. The van der Waals surface area contributed by atoms with Crippen molar-refractivity contribution in [3.8, 4) is 5.75 Å². The Bertz CT molecular complexity index is 425. The van der Waals surface area contributed by atoms with Crippen LogP contribution in [0.15, 0.2) is 18.2 Å². The van der Waals surface area contributed by atoms with E-state index in [0.717, 1.165) is 24.3 Å². The Labute approximate surface area is 120 Å². The molecule has 1 aliphatic carbocycles. The van der Waals surface area contributed by atoms with E-state index in [1.54, 1.807) is 0 Å². The molecule has 1 saturated carbocycles. The van der Waals surface area contributed by atoms with Crippen LogP contribution in [0.5, 0.6) is 5.75 Å². The van der Waals surface area contributed by atoms with Gasteiger partial charge < -0.3 is 14.8 Å². The Hall–Kier alpha value is -0.770. The van der Waals surface area contributed by atoms with Gasteiger partial charge in [0.2, 0.25) is 0 Å². The average molecular weight is 284 g/mol. The zero-order chi connectivity index (χ0) is 13.8. The number of likely N-dealkylation sites (N-methyl/N-ethyl adjacent to an activating group) is 1. The first-order chi connectivity index (χ1) is 9.15. The average Bonchev–Trinajstić information content (AvgIpc) is 2.37. The van der Waals surface area contributed by atoms with Crippen molar-refractivity contribution in [2.75, 3.05) is 13.2 Å². The van der Waals surface area contributed by atoms with Crippen LogP contribution in [0.1, 0.15) is 25.8 Å². The van der Waals surface area contributed by atoms with Gasteiger partial charge in [-0.05, 0) is 38.1 Å². The first-order valence-electron chi connectivity index (χ1n) is 6.93. The second-order valence-electron chi connectivity index (χ2n) is 4.91. The summed E-state index contributed by atoms with van der Waals surface area (Å²) in [7, 11) is 0. The largest absolute Gasteiger partial charge is 0.486 e. The van der Waals surface area contributed by atoms with Crippen LogP contribution in [0.25, 0.3) is 0 Å². The van der Waals surface area contributed by atoms with Gasteiger partial charge in [-0.15, -0.1) is 0 Å². The number of halogens is 1. The van der Waals surface area contributed by atoms with Gasteiger partial charge in [-0.25, -0.2) is 0 Å². The Balaban J connectivity index is 1.98. The topological polar surface area (TPSA) is 30.5 Å². The van der Waals surface area contributed by atoms with Gasteiger partial charge in [0.15, 0.2) is 0 Å². The van der Waals surface area contributed by atoms with Crippen LogP contribution in [0, 0.1) is 6.92 Å². The standard InChI is InChI=1S/C15H22ClNO2/c1-4-17-12-9-14(15(12)18-5-2)19-13-7-6-10(3)8-11(13)16/h6-8,12,14-15,17H,4-5,9H2,1-3H3. The molecule has 0 radical (unpaired) electrons. The zero-order valence-corrected chi connectivity index (χ0v) is 12.5. The summed E-state index contributed by atoms with van der Waals surface area (Å²) in [6.07, 6.45) is 1.16. The number of aryl methyl sites for hydroxylation is 1. The van der Waals surface area contributed by atoms with Crippen molar-refractivity contribution in [3.05, 3.63) is 28.8 Å². The molecule has 0 spiro atoms. The second-order valence-corrected chi connectivity index (χ2v) is 5.32. The molecular weight excluding hydrogens is 262 g/mol. The Morgan fingerprint density at radius 2 is 2.16 bits per heavy atom. The fourth-order valence-corrected chi connectivity index (χ4v) is 2.72. The summed E-state index contributed by atoms with van der Waals surface area (Å²) in [6, 6.07) is 6.25. The molecule has 2 rings (SSSR count). The van der Waals surface area contributed by atoms with Crippen LogP contribution < -0.4 is 10.1 Å². The summed E-state index contributed by atoms with van der Waals surface area (Å²) in [5.74, 6) is 0.747. The number of benzene rings is 1. The Morgan fingerprint density at radius 3 is 2.79 bits per heavy atom. The monoisotopic (exact) mass is 283 g/mol. The third-order valence-electron chi connectivity index (χ3n) is 3.44. The molecule has 4 heteroatoms. The molecule has 0 saturated heterocycles. The molecule has 3 atom stereocenters. The highest BCUT2D eigenvalue weighted by molar-refractivity contribution is 6.32.